The first kappa shape index (κ1) is 10.3. The summed E-state index contributed by atoms with van der Waals surface area (Å²) < 4.78 is 0.479. The Balaban J connectivity index is 3.42. The average Bonchev–Trinajstić information content (AvgIpc) is 1.84. The summed E-state index contributed by atoms with van der Waals surface area (Å²) in [5, 5.41) is 0. The van der Waals surface area contributed by atoms with Gasteiger partial charge in [-0.25, -0.2) is 0 Å². The van der Waals surface area contributed by atoms with E-state index in [4.69, 9.17) is 0 Å². The van der Waals surface area contributed by atoms with Crippen molar-refractivity contribution < 1.29 is 0 Å². The Kier molecular flexibility index (Phi) is 5.24. The predicted molar refractivity (Wildman–Crippen MR) is 51.4 cm³/mol. The van der Waals surface area contributed by atoms with Crippen LogP contribution >= 0.6 is 11.8 Å². The molecule has 1 radical (unpaired) electrons. The van der Waals surface area contributed by atoms with Crippen LogP contribution in [0.2, 0.25) is 0 Å². The molecule has 61 valence electrons. The maximum atomic E-state index is 3.83. The van der Waals surface area contributed by atoms with E-state index in [-0.39, 0.29) is 0 Å². The molecule has 0 aromatic heterocycles. The van der Waals surface area contributed by atoms with Crippen LogP contribution in [-0.2, 0) is 0 Å². The summed E-state index contributed by atoms with van der Waals surface area (Å²) in [5.74, 6) is 1.20. The third kappa shape index (κ3) is 5.16. The number of rotatable bonds is 5. The van der Waals surface area contributed by atoms with Crippen LogP contribution in [0.25, 0.3) is 0 Å². The Morgan fingerprint density at radius 2 is 2.00 bits per heavy atom. The molecule has 1 heteroatoms. The number of hydrogen-bond acceptors (Lipinski definition) is 1. The van der Waals surface area contributed by atoms with Gasteiger partial charge in [0, 0.05) is 4.75 Å². The lowest BCUT2D eigenvalue weighted by Gasteiger charge is -2.22. The highest BCUT2D eigenvalue weighted by Crippen LogP contribution is 2.29. The second-order valence-electron chi connectivity index (χ2n) is 3.21. The summed E-state index contributed by atoms with van der Waals surface area (Å²) in [6.45, 7) is 10.7. The van der Waals surface area contributed by atoms with Gasteiger partial charge in [0.2, 0.25) is 0 Å². The molecule has 10 heavy (non-hydrogen) atoms. The maximum absolute atomic E-state index is 3.83. The van der Waals surface area contributed by atoms with Gasteiger partial charge in [0.05, 0.1) is 0 Å². The lowest BCUT2D eigenvalue weighted by molar-refractivity contribution is 0.626. The molecule has 0 fully saturated rings. The Hall–Kier alpha value is 0.350. The van der Waals surface area contributed by atoms with Gasteiger partial charge < -0.3 is 0 Å². The molecule has 0 bridgehead atoms. The Labute approximate surface area is 69.8 Å². The van der Waals surface area contributed by atoms with E-state index >= 15 is 0 Å². The minimum absolute atomic E-state index is 0.479. The van der Waals surface area contributed by atoms with E-state index in [0.29, 0.717) is 4.75 Å². The van der Waals surface area contributed by atoms with Gasteiger partial charge in [-0.2, -0.15) is 11.8 Å². The normalized spacial score (nSPS) is 12.0. The molecular weight excluding hydrogens is 140 g/mol. The summed E-state index contributed by atoms with van der Waals surface area (Å²) in [4.78, 5) is 0. The minimum atomic E-state index is 0.479. The van der Waals surface area contributed by atoms with Crippen molar-refractivity contribution in [1.29, 1.82) is 0 Å². The zero-order valence-corrected chi connectivity index (χ0v) is 8.26. The van der Waals surface area contributed by atoms with Crippen LogP contribution in [0.4, 0.5) is 0 Å². The first-order valence-corrected chi connectivity index (χ1v) is 5.04. The van der Waals surface area contributed by atoms with Gasteiger partial charge in [-0.15, -0.1) is 0 Å². The van der Waals surface area contributed by atoms with E-state index in [0.717, 1.165) is 6.42 Å². The topological polar surface area (TPSA) is 0 Å². The molecule has 0 heterocycles. The van der Waals surface area contributed by atoms with Crippen LogP contribution in [-0.4, -0.2) is 10.5 Å². The van der Waals surface area contributed by atoms with Crippen molar-refractivity contribution in [2.75, 3.05) is 5.75 Å². The molecule has 0 aliphatic rings. The van der Waals surface area contributed by atoms with Gasteiger partial charge in [-0.3, -0.25) is 0 Å². The van der Waals surface area contributed by atoms with Crippen molar-refractivity contribution >= 4 is 11.8 Å². The Bertz CT molecular complexity index is 76.8. The van der Waals surface area contributed by atoms with Gasteiger partial charge >= 0.3 is 0 Å². The minimum Gasteiger partial charge on any atom is -0.156 e. The smallest absolute Gasteiger partial charge is 0.0103 e. The van der Waals surface area contributed by atoms with Crippen LogP contribution in [0.1, 0.15) is 40.0 Å². The molecule has 0 aromatic rings. The summed E-state index contributed by atoms with van der Waals surface area (Å²) in [6.07, 6.45) is 3.66. The Morgan fingerprint density at radius 3 is 2.40 bits per heavy atom. The quantitative estimate of drug-likeness (QED) is 0.591. The maximum Gasteiger partial charge on any atom is 0.0103 e. The molecule has 0 unspecified atom stereocenters. The second-order valence-corrected chi connectivity index (χ2v) is 5.01. The van der Waals surface area contributed by atoms with Gasteiger partial charge in [0.1, 0.15) is 0 Å². The van der Waals surface area contributed by atoms with Crippen molar-refractivity contribution in [1.82, 2.24) is 0 Å². The lowest BCUT2D eigenvalue weighted by atomic mass is 10.1. The van der Waals surface area contributed by atoms with E-state index in [9.17, 15) is 0 Å². The van der Waals surface area contributed by atoms with Gasteiger partial charge in [0.25, 0.3) is 0 Å². The lowest BCUT2D eigenvalue weighted by Crippen LogP contribution is -2.14. The second kappa shape index (κ2) is 5.06. The zero-order valence-electron chi connectivity index (χ0n) is 7.44. The fraction of sp³-hybridized carbons (Fsp3) is 0.889. The predicted octanol–water partition coefficient (Wildman–Crippen LogP) is 3.52. The highest BCUT2D eigenvalue weighted by Gasteiger charge is 2.15. The fourth-order valence-electron chi connectivity index (χ4n) is 1.02. The van der Waals surface area contributed by atoms with Crippen molar-refractivity contribution in [3.8, 4) is 0 Å². The molecule has 0 rings (SSSR count). The third-order valence-corrected chi connectivity index (χ3v) is 2.97. The monoisotopic (exact) mass is 159 g/mol. The molecular formula is C9H19S. The SMILES string of the molecule is [CH2]CCSC(C)(C)CCC. The van der Waals surface area contributed by atoms with Crippen molar-refractivity contribution in [3.63, 3.8) is 0 Å². The molecule has 0 aromatic carbocycles. The van der Waals surface area contributed by atoms with Gasteiger partial charge in [0.15, 0.2) is 0 Å². The first-order valence-electron chi connectivity index (χ1n) is 4.05. The molecule has 0 spiro atoms. The van der Waals surface area contributed by atoms with Crippen molar-refractivity contribution in [3.05, 3.63) is 6.92 Å². The van der Waals surface area contributed by atoms with Crippen LogP contribution in [0.3, 0.4) is 0 Å². The zero-order chi connectivity index (χ0) is 8.04. The first-order chi connectivity index (χ1) is 4.62. The molecule has 0 saturated heterocycles. The molecule has 0 atom stereocenters. The summed E-state index contributed by atoms with van der Waals surface area (Å²) >= 11 is 2.04. The molecule has 0 aliphatic heterocycles. The van der Waals surface area contributed by atoms with E-state index < -0.39 is 0 Å². The summed E-state index contributed by atoms with van der Waals surface area (Å²) in [6, 6.07) is 0. The number of hydrogen-bond donors (Lipinski definition) is 0. The number of thioether (sulfide) groups is 1. The van der Waals surface area contributed by atoms with Crippen molar-refractivity contribution in [2.45, 2.75) is 44.8 Å². The van der Waals surface area contributed by atoms with Crippen LogP contribution in [0, 0.1) is 6.92 Å². The standard InChI is InChI=1S/C9H19S/c1-5-7-9(3,4)10-8-6-2/h2,5-8H2,1,3-4H3. The van der Waals surface area contributed by atoms with Crippen LogP contribution < -0.4 is 0 Å². The molecule has 0 amide bonds. The summed E-state index contributed by atoms with van der Waals surface area (Å²) in [5.41, 5.74) is 0. The Morgan fingerprint density at radius 1 is 1.40 bits per heavy atom. The molecule has 0 N–H and O–H groups in total. The third-order valence-electron chi connectivity index (χ3n) is 1.49. The van der Waals surface area contributed by atoms with E-state index in [2.05, 4.69) is 27.7 Å². The van der Waals surface area contributed by atoms with Gasteiger partial charge in [-0.1, -0.05) is 34.1 Å². The van der Waals surface area contributed by atoms with Gasteiger partial charge in [-0.05, 0) is 18.6 Å². The van der Waals surface area contributed by atoms with Crippen molar-refractivity contribution in [2.24, 2.45) is 0 Å². The van der Waals surface area contributed by atoms with Crippen LogP contribution in [0.5, 0.6) is 0 Å². The fourth-order valence-corrected chi connectivity index (χ4v) is 2.07. The average molecular weight is 159 g/mol. The van der Waals surface area contributed by atoms with E-state index in [1.807, 2.05) is 11.8 Å². The van der Waals surface area contributed by atoms with E-state index in [1.54, 1.807) is 0 Å². The molecule has 0 nitrogen and oxygen atoms in total. The summed E-state index contributed by atoms with van der Waals surface area (Å²) in [7, 11) is 0. The van der Waals surface area contributed by atoms with E-state index in [1.165, 1.54) is 18.6 Å². The molecule has 0 aliphatic carbocycles. The largest absolute Gasteiger partial charge is 0.156 e. The highest BCUT2D eigenvalue weighted by molar-refractivity contribution is 8.00. The molecule has 0 saturated carbocycles. The highest BCUT2D eigenvalue weighted by atomic mass is 32.2. The van der Waals surface area contributed by atoms with Crippen LogP contribution in [0.15, 0.2) is 0 Å².